The average Bonchev–Trinajstić information content (AvgIpc) is 2.77. The Bertz CT molecular complexity index is 1300. The van der Waals surface area contributed by atoms with E-state index in [0.717, 1.165) is 18.2 Å². The lowest BCUT2D eigenvalue weighted by Crippen LogP contribution is -2.30. The molecule has 12 heteroatoms. The van der Waals surface area contributed by atoms with Crippen molar-refractivity contribution in [2.24, 2.45) is 0 Å². The third-order valence-corrected chi connectivity index (χ3v) is 6.05. The lowest BCUT2D eigenvalue weighted by Gasteiger charge is -2.14. The van der Waals surface area contributed by atoms with Crippen molar-refractivity contribution < 1.29 is 27.1 Å². The van der Waals surface area contributed by atoms with Gasteiger partial charge in [0.1, 0.15) is 5.82 Å². The van der Waals surface area contributed by atoms with Gasteiger partial charge >= 0.3 is 5.97 Å². The summed E-state index contributed by atoms with van der Waals surface area (Å²) in [4.78, 5) is 28.5. The molecule has 1 atom stereocenters. The smallest absolute Gasteiger partial charge is 0.338 e. The predicted octanol–water partition coefficient (Wildman–Crippen LogP) is 4.51. The number of esters is 1. The lowest BCUT2D eigenvalue weighted by molar-refractivity contribution is -0.123. The number of nitrogens with zero attached hydrogens (tertiary/aromatic N) is 1. The molecule has 0 fully saturated rings. The molecule has 0 aliphatic carbocycles. The first-order valence-corrected chi connectivity index (χ1v) is 11.5. The van der Waals surface area contributed by atoms with Crippen molar-refractivity contribution in [3.63, 3.8) is 0 Å². The van der Waals surface area contributed by atoms with Crippen molar-refractivity contribution in [2.75, 3.05) is 10.0 Å². The van der Waals surface area contributed by atoms with Gasteiger partial charge < -0.3 is 10.1 Å². The Kier molecular flexibility index (Phi) is 7.52. The number of ether oxygens (including phenoxy) is 1. The molecule has 2 N–H and O–H groups in total. The summed E-state index contributed by atoms with van der Waals surface area (Å²) in [6, 6.07) is 11.1. The number of halogens is 3. The van der Waals surface area contributed by atoms with Gasteiger partial charge in [-0.1, -0.05) is 29.3 Å². The Hall–Kier alpha value is -3.21. The van der Waals surface area contributed by atoms with Gasteiger partial charge in [0.05, 0.1) is 20.5 Å². The van der Waals surface area contributed by atoms with Crippen LogP contribution in [0.5, 0.6) is 0 Å². The normalized spacial score (nSPS) is 12.0. The van der Waals surface area contributed by atoms with E-state index in [0.29, 0.717) is 0 Å². The van der Waals surface area contributed by atoms with E-state index in [9.17, 15) is 22.4 Å². The predicted molar refractivity (Wildman–Crippen MR) is 121 cm³/mol. The summed E-state index contributed by atoms with van der Waals surface area (Å²) in [7, 11) is -4.07. The van der Waals surface area contributed by atoms with Crippen LogP contribution in [-0.4, -0.2) is 31.4 Å². The van der Waals surface area contributed by atoms with Crippen LogP contribution in [0.4, 0.5) is 15.9 Å². The topological polar surface area (TPSA) is 114 Å². The standard InChI is InChI=1S/C21H16Cl2FN3O5S/c1-12(20(28)26-19-18(23)10-14(22)11-25-19)32-21(29)13-3-2-4-17(9-13)33(30,31)27-16-7-5-15(24)6-8-16/h2-12,27H,1H3,(H,25,26,28)/t12-/m1/s1. The van der Waals surface area contributed by atoms with E-state index in [4.69, 9.17) is 27.9 Å². The fraction of sp³-hybridized carbons (Fsp3) is 0.0952. The summed E-state index contributed by atoms with van der Waals surface area (Å²) in [5.41, 5.74) is 0.0448. The van der Waals surface area contributed by atoms with Crippen LogP contribution in [0.3, 0.4) is 0 Å². The van der Waals surface area contributed by atoms with Gasteiger partial charge in [0.25, 0.3) is 15.9 Å². The number of hydrogen-bond donors (Lipinski definition) is 2. The highest BCUT2D eigenvalue weighted by atomic mass is 35.5. The third kappa shape index (κ3) is 6.41. The fourth-order valence-corrected chi connectivity index (χ4v) is 4.06. The zero-order chi connectivity index (χ0) is 24.2. The number of carbonyl (C=O) groups excluding carboxylic acids is 2. The van der Waals surface area contributed by atoms with Crippen LogP contribution in [0.2, 0.25) is 10.0 Å². The molecule has 2 aromatic carbocycles. The first-order chi connectivity index (χ1) is 15.5. The van der Waals surface area contributed by atoms with Gasteiger partial charge in [0.2, 0.25) is 0 Å². The fourth-order valence-electron chi connectivity index (χ4n) is 2.53. The molecular formula is C21H16Cl2FN3O5S. The Morgan fingerprint density at radius 2 is 1.79 bits per heavy atom. The lowest BCUT2D eigenvalue weighted by atomic mass is 10.2. The van der Waals surface area contributed by atoms with Gasteiger partial charge in [-0.2, -0.15) is 0 Å². The summed E-state index contributed by atoms with van der Waals surface area (Å²) in [6.45, 7) is 1.33. The van der Waals surface area contributed by atoms with Gasteiger partial charge in [0.15, 0.2) is 11.9 Å². The molecule has 172 valence electrons. The molecule has 0 unspecified atom stereocenters. The maximum Gasteiger partial charge on any atom is 0.338 e. The van der Waals surface area contributed by atoms with Gasteiger partial charge in [-0.25, -0.2) is 22.6 Å². The Balaban J connectivity index is 1.69. The van der Waals surface area contributed by atoms with Crippen LogP contribution in [0.25, 0.3) is 0 Å². The van der Waals surface area contributed by atoms with Crippen molar-refractivity contribution in [1.82, 2.24) is 4.98 Å². The summed E-state index contributed by atoms with van der Waals surface area (Å²) in [5.74, 6) is -2.11. The van der Waals surface area contributed by atoms with Gasteiger partial charge in [-0.3, -0.25) is 9.52 Å². The van der Waals surface area contributed by atoms with Crippen molar-refractivity contribution in [2.45, 2.75) is 17.9 Å². The van der Waals surface area contributed by atoms with Gasteiger partial charge in [0, 0.05) is 11.9 Å². The second-order valence-electron chi connectivity index (χ2n) is 6.66. The SMILES string of the molecule is C[C@@H](OC(=O)c1cccc(S(=O)(=O)Nc2ccc(F)cc2)c1)C(=O)Nc1ncc(Cl)cc1Cl. The van der Waals surface area contributed by atoms with Crippen molar-refractivity contribution in [1.29, 1.82) is 0 Å². The van der Waals surface area contributed by atoms with E-state index in [2.05, 4.69) is 15.0 Å². The molecule has 0 spiro atoms. The van der Waals surface area contributed by atoms with Crippen LogP contribution in [0, 0.1) is 5.82 Å². The molecule has 0 saturated heterocycles. The number of anilines is 2. The van der Waals surface area contributed by atoms with Crippen LogP contribution < -0.4 is 10.0 Å². The van der Waals surface area contributed by atoms with Crippen LogP contribution >= 0.6 is 23.2 Å². The maximum atomic E-state index is 13.0. The minimum atomic E-state index is -4.07. The summed E-state index contributed by atoms with van der Waals surface area (Å²) in [6.07, 6.45) is 0.0367. The van der Waals surface area contributed by atoms with E-state index in [1.807, 2.05) is 0 Å². The highest BCUT2D eigenvalue weighted by Gasteiger charge is 2.22. The molecule has 0 radical (unpaired) electrons. The Labute approximate surface area is 198 Å². The van der Waals surface area contributed by atoms with E-state index in [1.54, 1.807) is 0 Å². The van der Waals surface area contributed by atoms with Crippen LogP contribution in [0.1, 0.15) is 17.3 Å². The zero-order valence-corrected chi connectivity index (χ0v) is 19.2. The molecule has 0 aliphatic rings. The third-order valence-electron chi connectivity index (χ3n) is 4.18. The average molecular weight is 512 g/mol. The minimum absolute atomic E-state index is 0.0360. The molecule has 0 bridgehead atoms. The van der Waals surface area contributed by atoms with E-state index >= 15 is 0 Å². The zero-order valence-electron chi connectivity index (χ0n) is 16.9. The quantitative estimate of drug-likeness (QED) is 0.451. The van der Waals surface area contributed by atoms with Gasteiger partial charge in [-0.05, 0) is 55.5 Å². The van der Waals surface area contributed by atoms with E-state index in [-0.39, 0.29) is 32.0 Å². The molecule has 3 rings (SSSR count). The molecule has 1 amide bonds. The largest absolute Gasteiger partial charge is 0.449 e. The van der Waals surface area contributed by atoms with Crippen molar-refractivity contribution in [3.05, 3.63) is 82.2 Å². The Morgan fingerprint density at radius 1 is 1.09 bits per heavy atom. The number of hydrogen-bond acceptors (Lipinski definition) is 6. The number of nitrogens with one attached hydrogen (secondary N) is 2. The number of rotatable bonds is 7. The monoisotopic (exact) mass is 511 g/mol. The number of amides is 1. The number of pyridine rings is 1. The Morgan fingerprint density at radius 3 is 2.45 bits per heavy atom. The molecular weight excluding hydrogens is 496 g/mol. The van der Waals surface area contributed by atoms with Crippen molar-refractivity contribution >= 4 is 56.6 Å². The first-order valence-electron chi connectivity index (χ1n) is 9.26. The summed E-state index contributed by atoms with van der Waals surface area (Å²) < 4.78 is 45.6. The number of sulfonamides is 1. The molecule has 3 aromatic rings. The highest BCUT2D eigenvalue weighted by molar-refractivity contribution is 7.92. The molecule has 1 aromatic heterocycles. The second kappa shape index (κ2) is 10.2. The van der Waals surface area contributed by atoms with Gasteiger partial charge in [-0.15, -0.1) is 0 Å². The summed E-state index contributed by atoms with van der Waals surface area (Å²) >= 11 is 11.7. The molecule has 0 saturated carbocycles. The molecule has 33 heavy (non-hydrogen) atoms. The highest BCUT2D eigenvalue weighted by Crippen LogP contribution is 2.23. The molecule has 8 nitrogen and oxygen atoms in total. The van der Waals surface area contributed by atoms with Crippen LogP contribution in [-0.2, 0) is 19.6 Å². The van der Waals surface area contributed by atoms with E-state index in [1.165, 1.54) is 49.5 Å². The number of aromatic nitrogens is 1. The first kappa shape index (κ1) is 24.4. The summed E-state index contributed by atoms with van der Waals surface area (Å²) in [5, 5.41) is 2.79. The van der Waals surface area contributed by atoms with E-state index < -0.39 is 33.8 Å². The number of benzene rings is 2. The number of carbonyl (C=O) groups is 2. The van der Waals surface area contributed by atoms with Crippen molar-refractivity contribution in [3.8, 4) is 0 Å². The second-order valence-corrected chi connectivity index (χ2v) is 9.19. The maximum absolute atomic E-state index is 13.0. The molecule has 0 aliphatic heterocycles. The minimum Gasteiger partial charge on any atom is -0.449 e. The van der Waals surface area contributed by atoms with Crippen LogP contribution in [0.15, 0.2) is 65.7 Å². The molecule has 1 heterocycles.